The number of carbonyl (C=O) groups is 1. The van der Waals surface area contributed by atoms with Crippen molar-refractivity contribution in [2.75, 3.05) is 10.6 Å². The van der Waals surface area contributed by atoms with E-state index in [0.29, 0.717) is 44.9 Å². The Hall–Kier alpha value is -7.41. The molecule has 0 radical (unpaired) electrons. The summed E-state index contributed by atoms with van der Waals surface area (Å²) in [5, 5.41) is 40.3. The minimum absolute atomic E-state index is 0. The molecule has 0 fully saturated rings. The number of carbonyl (C=O) groups excluding carboxylic acids is 1. The Morgan fingerprint density at radius 1 is 0.315 bits per heavy atom. The number of fused-ring (bicyclic) bond motifs is 2. The van der Waals surface area contributed by atoms with Crippen LogP contribution in [0.1, 0.15) is 0 Å². The van der Waals surface area contributed by atoms with Crippen molar-refractivity contribution < 1.29 is 86.2 Å². The van der Waals surface area contributed by atoms with Gasteiger partial charge in [0.05, 0.1) is 65.1 Å². The number of nitrogens with zero attached hydrogens (tertiary/aromatic N) is 8. The van der Waals surface area contributed by atoms with Gasteiger partial charge < -0.3 is 10.6 Å². The molecule has 6 N–H and O–H groups in total. The van der Waals surface area contributed by atoms with Crippen LogP contribution < -0.4 is 40.2 Å². The van der Waals surface area contributed by atoms with E-state index < -0.39 is 56.3 Å². The van der Waals surface area contributed by atoms with Gasteiger partial charge in [-0.05, 0) is 146 Å². The summed E-state index contributed by atoms with van der Waals surface area (Å²) in [5.74, 6) is 0. The average molecular weight is 1070 g/mol. The van der Waals surface area contributed by atoms with E-state index in [0.717, 1.165) is 24.3 Å². The molecule has 0 aliphatic heterocycles. The number of benzene rings is 8. The van der Waals surface area contributed by atoms with Crippen LogP contribution in [0.3, 0.4) is 0 Å². The molecule has 364 valence electrons. The maximum Gasteiger partial charge on any atom is 1.00 e. The first-order valence-electron chi connectivity index (χ1n) is 20.3. The van der Waals surface area contributed by atoms with Gasteiger partial charge in [0, 0.05) is 32.9 Å². The number of hydrogen-bond acceptors (Lipinski definition) is 17. The van der Waals surface area contributed by atoms with Crippen molar-refractivity contribution in [2.24, 2.45) is 40.9 Å². The van der Waals surface area contributed by atoms with E-state index in [1.807, 2.05) is 0 Å². The molecule has 0 saturated heterocycles. The molecule has 0 aliphatic carbocycles. The third-order valence-corrected chi connectivity index (χ3v) is 13.5. The van der Waals surface area contributed by atoms with Gasteiger partial charge in [0.2, 0.25) is 0 Å². The Morgan fingerprint density at radius 2 is 0.562 bits per heavy atom. The summed E-state index contributed by atoms with van der Waals surface area (Å²) >= 11 is 0. The van der Waals surface area contributed by atoms with Crippen molar-refractivity contribution in [3.63, 3.8) is 0 Å². The predicted octanol–water partition coefficient (Wildman–Crippen LogP) is 9.29. The van der Waals surface area contributed by atoms with Gasteiger partial charge in [-0.15, -0.1) is 20.5 Å². The van der Waals surface area contributed by atoms with E-state index in [1.165, 1.54) is 72.8 Å². The standard InChI is InChI=1S/C45H32N10O13S4.Na/c56-45(46-27-1-5-29(6-2-27)48-52-41-21-23-43(39-25-35(71(63,64)65)17-19-37(39)41)54-50-31-9-13-33(14-10-31)69(57,58)59)47-28-3-7-30(8-4-28)49-53-42-22-24-44(40-26-36(72(66,67)68)18-20-38(40)42)55-51-32-11-15-34(16-12-32)70(60,61)62;/h1-26H,(H2,46,47,56)(H,57,58,59)(H,60,61,62)(H,63,64,65)(H,66,67,68);/q;+1. The van der Waals surface area contributed by atoms with Crippen molar-refractivity contribution in [2.45, 2.75) is 19.6 Å². The summed E-state index contributed by atoms with van der Waals surface area (Å²) in [5.41, 5.74) is 2.95. The molecule has 8 aromatic carbocycles. The second-order valence-electron chi connectivity index (χ2n) is 15.0. The Labute approximate surface area is 436 Å². The molecule has 0 spiro atoms. The molecular weight excluding hydrogens is 1040 g/mol. The van der Waals surface area contributed by atoms with Crippen molar-refractivity contribution in [3.05, 3.63) is 158 Å². The molecule has 0 aliphatic rings. The molecule has 8 aromatic rings. The topological polar surface area (TPSA) is 357 Å². The number of azo groups is 4. The molecule has 23 nitrogen and oxygen atoms in total. The van der Waals surface area contributed by atoms with E-state index in [4.69, 9.17) is 0 Å². The van der Waals surface area contributed by atoms with E-state index in [-0.39, 0.29) is 72.9 Å². The largest absolute Gasteiger partial charge is 1.00 e. The molecule has 2 amide bonds. The number of rotatable bonds is 14. The van der Waals surface area contributed by atoms with E-state index in [2.05, 4.69) is 51.5 Å². The van der Waals surface area contributed by atoms with Crippen LogP contribution in [0.4, 0.5) is 61.7 Å². The molecular formula is C45H32N10NaO13S4+. The second-order valence-corrected chi connectivity index (χ2v) is 20.7. The van der Waals surface area contributed by atoms with Crippen LogP contribution in [0.25, 0.3) is 21.5 Å². The Bertz CT molecular complexity index is 3780. The molecule has 0 unspecified atom stereocenters. The molecule has 0 saturated carbocycles. The molecule has 73 heavy (non-hydrogen) atoms. The van der Waals surface area contributed by atoms with Crippen LogP contribution in [-0.2, 0) is 40.5 Å². The van der Waals surface area contributed by atoms with Gasteiger partial charge in [-0.3, -0.25) is 18.2 Å². The van der Waals surface area contributed by atoms with Crippen molar-refractivity contribution in [1.29, 1.82) is 0 Å². The zero-order valence-corrected chi connectivity index (χ0v) is 42.5. The number of urea groups is 1. The molecule has 0 atom stereocenters. The smallest absolute Gasteiger partial charge is 0.308 e. The van der Waals surface area contributed by atoms with Crippen molar-refractivity contribution >= 4 is 125 Å². The summed E-state index contributed by atoms with van der Waals surface area (Å²) in [7, 11) is -18.1. The Morgan fingerprint density at radius 3 is 0.836 bits per heavy atom. The number of anilines is 2. The maximum atomic E-state index is 12.9. The van der Waals surface area contributed by atoms with Gasteiger partial charge in [0.25, 0.3) is 40.5 Å². The van der Waals surface area contributed by atoms with Crippen LogP contribution >= 0.6 is 0 Å². The Kier molecular flexibility index (Phi) is 15.9. The van der Waals surface area contributed by atoms with Crippen LogP contribution in [0.15, 0.2) is 218 Å². The third kappa shape index (κ3) is 13.6. The minimum atomic E-state index is -4.61. The van der Waals surface area contributed by atoms with Gasteiger partial charge in [-0.25, -0.2) is 4.79 Å². The van der Waals surface area contributed by atoms with Gasteiger partial charge in [0.15, 0.2) is 0 Å². The van der Waals surface area contributed by atoms with E-state index in [9.17, 15) is 56.7 Å². The molecule has 8 rings (SSSR count). The quantitative estimate of drug-likeness (QED) is 0.0336. The first-order valence-corrected chi connectivity index (χ1v) is 26.0. The van der Waals surface area contributed by atoms with Gasteiger partial charge >= 0.3 is 35.6 Å². The number of hydrogen-bond donors (Lipinski definition) is 6. The Balaban J connectivity index is 0.00000780. The fourth-order valence-corrected chi connectivity index (χ4v) is 8.57. The molecule has 0 heterocycles. The zero-order chi connectivity index (χ0) is 51.4. The second kappa shape index (κ2) is 21.7. The van der Waals surface area contributed by atoms with Crippen LogP contribution in [0.5, 0.6) is 0 Å². The van der Waals surface area contributed by atoms with Crippen molar-refractivity contribution in [1.82, 2.24) is 0 Å². The maximum absolute atomic E-state index is 12.9. The first kappa shape index (κ1) is 53.4. The zero-order valence-electron chi connectivity index (χ0n) is 37.2. The van der Waals surface area contributed by atoms with Crippen LogP contribution in [0, 0.1) is 0 Å². The van der Waals surface area contributed by atoms with E-state index in [1.54, 1.807) is 60.7 Å². The van der Waals surface area contributed by atoms with Gasteiger partial charge in [0.1, 0.15) is 0 Å². The third-order valence-electron chi connectivity index (χ3n) is 10.1. The van der Waals surface area contributed by atoms with Crippen LogP contribution in [-0.4, -0.2) is 57.9 Å². The normalized spacial score (nSPS) is 12.5. The van der Waals surface area contributed by atoms with Gasteiger partial charge in [-0.1, -0.05) is 12.1 Å². The minimum Gasteiger partial charge on any atom is -0.308 e. The molecule has 0 bridgehead atoms. The number of amides is 2. The van der Waals surface area contributed by atoms with Crippen molar-refractivity contribution in [3.8, 4) is 0 Å². The fraction of sp³-hybridized carbons (Fsp3) is 0. The average Bonchev–Trinajstić information content (AvgIpc) is 3.33. The first-order chi connectivity index (χ1) is 34.1. The summed E-state index contributed by atoms with van der Waals surface area (Å²) in [6.45, 7) is 0. The summed E-state index contributed by atoms with van der Waals surface area (Å²) < 4.78 is 131. The summed E-state index contributed by atoms with van der Waals surface area (Å²) in [6, 6.07) is 35.4. The van der Waals surface area contributed by atoms with Gasteiger partial charge in [-0.2, -0.15) is 54.1 Å². The monoisotopic (exact) mass is 1070 g/mol. The van der Waals surface area contributed by atoms with Crippen LogP contribution in [0.2, 0.25) is 0 Å². The van der Waals surface area contributed by atoms with E-state index >= 15 is 0 Å². The SMILES string of the molecule is O=C(Nc1ccc(N=Nc2ccc(N=Nc3ccc(S(=O)(=O)O)cc3)c3cc(S(=O)(=O)O)ccc23)cc1)Nc1ccc(N=Nc2ccc(N=Nc3ccc(S(=O)(=O)O)cc3)c3cc(S(=O)(=O)O)ccc23)cc1.[Na+]. The molecule has 28 heteroatoms. The fourth-order valence-electron chi connectivity index (χ4n) is 6.59. The summed E-state index contributed by atoms with van der Waals surface area (Å²) in [4.78, 5) is 11.4. The molecule has 0 aromatic heterocycles. The predicted molar refractivity (Wildman–Crippen MR) is 262 cm³/mol. The summed E-state index contributed by atoms with van der Waals surface area (Å²) in [6.07, 6.45) is 0. The number of nitrogens with one attached hydrogen (secondary N) is 2.